The number of quaternary nitrogens is 1. The van der Waals surface area contributed by atoms with Gasteiger partial charge in [0.2, 0.25) is 0 Å². The summed E-state index contributed by atoms with van der Waals surface area (Å²) in [5, 5.41) is 28.3. The maximum absolute atomic E-state index is 12.1. The smallest absolute Gasteiger partial charge is 0.131 e. The number of phenolic OH excluding ortho intramolecular Hbond substituents is 1. The molecule has 8 rings (SSSR count). The molecule has 1 aromatic heterocycles. The van der Waals surface area contributed by atoms with Crippen LogP contribution >= 0.6 is 0 Å². The summed E-state index contributed by atoms with van der Waals surface area (Å²) in [5.41, 5.74) is 3.03. The van der Waals surface area contributed by atoms with Crippen LogP contribution in [0.15, 0.2) is 97.7 Å². The topological polar surface area (TPSA) is 53.4 Å². The quantitative estimate of drug-likeness (QED) is 0.157. The van der Waals surface area contributed by atoms with E-state index >= 15 is 0 Å². The van der Waals surface area contributed by atoms with E-state index < -0.39 is 6.10 Å². The number of aliphatic hydroxyl groups is 1. The second kappa shape index (κ2) is 8.93. The lowest BCUT2D eigenvalue weighted by atomic mass is 9.71. The molecule has 0 aliphatic carbocycles. The van der Waals surface area contributed by atoms with Gasteiger partial charge in [0.25, 0.3) is 0 Å². The molecule has 3 saturated heterocycles. The minimum atomic E-state index is -0.655. The molecule has 2 bridgehead atoms. The first-order valence-corrected chi connectivity index (χ1v) is 13.7. The lowest BCUT2D eigenvalue weighted by molar-refractivity contribution is -0.984. The second-order valence-corrected chi connectivity index (χ2v) is 11.4. The van der Waals surface area contributed by atoms with Gasteiger partial charge in [0, 0.05) is 35.9 Å². The Morgan fingerprint density at radius 3 is 2.42 bits per heavy atom. The van der Waals surface area contributed by atoms with Crippen LogP contribution in [-0.4, -0.2) is 38.8 Å². The molecule has 3 aliphatic heterocycles. The van der Waals surface area contributed by atoms with Gasteiger partial charge in [-0.3, -0.25) is 4.98 Å². The van der Waals surface area contributed by atoms with Crippen LogP contribution in [0, 0.1) is 11.8 Å². The number of aromatic nitrogens is 1. The van der Waals surface area contributed by atoms with E-state index in [4.69, 9.17) is 0 Å². The zero-order valence-electron chi connectivity index (χ0n) is 21.5. The van der Waals surface area contributed by atoms with Gasteiger partial charge >= 0.3 is 0 Å². The number of phenols is 1. The SMILES string of the molecule is C=C[C@H]1C[N@+]2(Cc3c4ccccc4cc4ccccc34)CC[C@H]1C[C@@H]2C(O)c1ccnc2ccc(O)cc12. The molecule has 3 fully saturated rings. The van der Waals surface area contributed by atoms with Gasteiger partial charge < -0.3 is 14.7 Å². The molecule has 4 heterocycles. The molecule has 5 aromatic rings. The number of nitrogens with zero attached hydrogens (tertiary/aromatic N) is 2. The molecule has 0 spiro atoms. The fourth-order valence-corrected chi connectivity index (χ4v) is 7.60. The molecule has 4 nitrogen and oxygen atoms in total. The van der Waals surface area contributed by atoms with Crippen molar-refractivity contribution in [2.45, 2.75) is 31.5 Å². The molecule has 3 aliphatic rings. The van der Waals surface area contributed by atoms with E-state index in [0.717, 1.165) is 53.4 Å². The van der Waals surface area contributed by atoms with Gasteiger partial charge in [-0.1, -0.05) is 54.6 Å². The van der Waals surface area contributed by atoms with Crippen LogP contribution in [0.25, 0.3) is 32.4 Å². The zero-order valence-corrected chi connectivity index (χ0v) is 21.5. The Labute approximate surface area is 223 Å². The van der Waals surface area contributed by atoms with Crippen molar-refractivity contribution in [3.05, 3.63) is 109 Å². The average Bonchev–Trinajstić information content (AvgIpc) is 2.96. The van der Waals surface area contributed by atoms with Gasteiger partial charge in [-0.15, -0.1) is 6.58 Å². The molecule has 0 saturated carbocycles. The molecular weight excluding hydrogens is 468 g/mol. The Balaban J connectivity index is 1.39. The number of hydrogen-bond donors (Lipinski definition) is 2. The van der Waals surface area contributed by atoms with E-state index in [1.165, 1.54) is 27.1 Å². The highest BCUT2D eigenvalue weighted by Gasteiger charge is 2.54. The third-order valence-electron chi connectivity index (χ3n) is 9.47. The van der Waals surface area contributed by atoms with E-state index in [0.29, 0.717) is 11.8 Å². The van der Waals surface area contributed by atoms with Crippen LogP contribution in [0.1, 0.15) is 30.1 Å². The monoisotopic (exact) mass is 501 g/mol. The first kappa shape index (κ1) is 23.4. The minimum Gasteiger partial charge on any atom is -0.508 e. The van der Waals surface area contributed by atoms with Crippen molar-refractivity contribution in [1.82, 2.24) is 4.98 Å². The normalized spacial score (nSPS) is 25.7. The molecule has 4 aromatic carbocycles. The van der Waals surface area contributed by atoms with Crippen LogP contribution < -0.4 is 0 Å². The predicted octanol–water partition coefficient (Wildman–Crippen LogP) is 6.89. The highest BCUT2D eigenvalue weighted by atomic mass is 16.3. The largest absolute Gasteiger partial charge is 0.508 e. The predicted molar refractivity (Wildman–Crippen MR) is 154 cm³/mol. The third-order valence-corrected chi connectivity index (χ3v) is 9.47. The molecular formula is C34H33N2O2+. The zero-order chi connectivity index (χ0) is 25.9. The number of pyridine rings is 1. The lowest BCUT2D eigenvalue weighted by Crippen LogP contribution is -2.67. The Morgan fingerprint density at radius 2 is 1.68 bits per heavy atom. The molecule has 5 atom stereocenters. The number of benzene rings is 4. The van der Waals surface area contributed by atoms with Crippen molar-refractivity contribution in [1.29, 1.82) is 0 Å². The molecule has 0 amide bonds. The first-order valence-electron chi connectivity index (χ1n) is 13.7. The molecule has 4 heteroatoms. The summed E-state index contributed by atoms with van der Waals surface area (Å²) in [6, 6.07) is 26.9. The van der Waals surface area contributed by atoms with Crippen LogP contribution in [0.2, 0.25) is 0 Å². The van der Waals surface area contributed by atoms with Crippen molar-refractivity contribution < 1.29 is 14.7 Å². The Bertz CT molecular complexity index is 1640. The Hall–Kier alpha value is -3.73. The van der Waals surface area contributed by atoms with Crippen LogP contribution in [0.4, 0.5) is 0 Å². The van der Waals surface area contributed by atoms with Crippen molar-refractivity contribution >= 4 is 32.4 Å². The third kappa shape index (κ3) is 3.63. The maximum atomic E-state index is 12.1. The summed E-state index contributed by atoms with van der Waals surface area (Å²) in [6.07, 6.45) is 5.39. The number of aromatic hydroxyl groups is 1. The molecule has 2 N–H and O–H groups in total. The molecule has 190 valence electrons. The van der Waals surface area contributed by atoms with E-state index in [1.807, 2.05) is 12.1 Å². The Morgan fingerprint density at radius 1 is 0.947 bits per heavy atom. The maximum Gasteiger partial charge on any atom is 0.131 e. The van der Waals surface area contributed by atoms with Gasteiger partial charge in [-0.05, 0) is 63.4 Å². The minimum absolute atomic E-state index is 0.0515. The van der Waals surface area contributed by atoms with Crippen LogP contribution in [0.3, 0.4) is 0 Å². The first-order chi connectivity index (χ1) is 18.6. The fourth-order valence-electron chi connectivity index (χ4n) is 7.60. The van der Waals surface area contributed by atoms with Gasteiger partial charge in [0.15, 0.2) is 0 Å². The van der Waals surface area contributed by atoms with Crippen molar-refractivity contribution in [2.75, 3.05) is 13.1 Å². The molecule has 1 unspecified atom stereocenters. The number of hydrogen-bond acceptors (Lipinski definition) is 3. The van der Waals surface area contributed by atoms with Crippen LogP contribution in [0.5, 0.6) is 5.75 Å². The van der Waals surface area contributed by atoms with E-state index in [9.17, 15) is 10.2 Å². The van der Waals surface area contributed by atoms with Gasteiger partial charge in [-0.25, -0.2) is 0 Å². The van der Waals surface area contributed by atoms with Crippen molar-refractivity contribution in [3.63, 3.8) is 0 Å². The van der Waals surface area contributed by atoms with Crippen LogP contribution in [-0.2, 0) is 6.54 Å². The second-order valence-electron chi connectivity index (χ2n) is 11.4. The molecule has 38 heavy (non-hydrogen) atoms. The number of aliphatic hydroxyl groups excluding tert-OH is 1. The Kier molecular flexibility index (Phi) is 5.50. The van der Waals surface area contributed by atoms with E-state index in [-0.39, 0.29) is 11.8 Å². The highest BCUT2D eigenvalue weighted by Crippen LogP contribution is 2.49. The number of fused-ring (bicyclic) bond motifs is 6. The average molecular weight is 502 g/mol. The van der Waals surface area contributed by atoms with Crippen molar-refractivity contribution in [2.24, 2.45) is 11.8 Å². The fraction of sp³-hybridized carbons (Fsp3) is 0.265. The van der Waals surface area contributed by atoms with Crippen molar-refractivity contribution in [3.8, 4) is 5.75 Å². The lowest BCUT2D eigenvalue weighted by Gasteiger charge is -2.58. The van der Waals surface area contributed by atoms with E-state index in [1.54, 1.807) is 18.3 Å². The van der Waals surface area contributed by atoms with Gasteiger partial charge in [-0.2, -0.15) is 0 Å². The van der Waals surface area contributed by atoms with E-state index in [2.05, 4.69) is 72.2 Å². The highest BCUT2D eigenvalue weighted by molar-refractivity contribution is 6.02. The summed E-state index contributed by atoms with van der Waals surface area (Å²) in [4.78, 5) is 4.50. The van der Waals surface area contributed by atoms with Gasteiger partial charge in [0.1, 0.15) is 24.4 Å². The number of rotatable bonds is 5. The summed E-state index contributed by atoms with van der Waals surface area (Å²) in [5.74, 6) is 1.19. The number of piperidine rings is 3. The molecule has 0 radical (unpaired) electrons. The summed E-state index contributed by atoms with van der Waals surface area (Å²) in [7, 11) is 0. The summed E-state index contributed by atoms with van der Waals surface area (Å²) < 4.78 is 0.842. The summed E-state index contributed by atoms with van der Waals surface area (Å²) >= 11 is 0. The van der Waals surface area contributed by atoms with Gasteiger partial charge in [0.05, 0.1) is 18.6 Å². The summed E-state index contributed by atoms with van der Waals surface area (Å²) in [6.45, 7) is 7.11. The standard InChI is InChI=1S/C34H32N2O2/c1-2-22-20-36(21-31-27-9-5-3-7-24(27)17-25-8-4-6-10-28(25)31)16-14-23(22)18-33(36)34(38)29-13-15-35-32-12-11-26(37)19-30(29)32/h2-13,15,17,19,22-23,33-34,38H,1,14,16,18,20-21H2/p+1/t22-,23-,33+,34?,36-/m0/s1.